The van der Waals surface area contributed by atoms with Crippen LogP contribution in [-0.4, -0.2) is 80.2 Å². The minimum atomic E-state index is -3.77. The van der Waals surface area contributed by atoms with E-state index in [4.69, 9.17) is 4.74 Å². The van der Waals surface area contributed by atoms with Gasteiger partial charge in [-0.3, -0.25) is 9.52 Å². The normalized spacial score (nSPS) is 21.3. The molecule has 4 rings (SSSR count). The van der Waals surface area contributed by atoms with E-state index in [1.54, 1.807) is 53.4 Å². The smallest absolute Gasteiger partial charge is 0.317 e. The number of aliphatic hydroxyl groups is 1. The lowest BCUT2D eigenvalue weighted by molar-refractivity contribution is -0.134. The Kier molecular flexibility index (Phi) is 9.96. The summed E-state index contributed by atoms with van der Waals surface area (Å²) in [5, 5.41) is 14.7. The summed E-state index contributed by atoms with van der Waals surface area (Å²) in [4.78, 5) is 29.7. The molecule has 1 fully saturated rings. The molecule has 10 nitrogen and oxygen atoms in total. The molecule has 2 aliphatic rings. The van der Waals surface area contributed by atoms with Crippen molar-refractivity contribution in [3.8, 4) is 5.75 Å². The van der Waals surface area contributed by atoms with E-state index in [9.17, 15) is 23.1 Å². The number of carbonyl (C=O) groups excluding carboxylic acids is 2. The number of benzene rings is 1. The van der Waals surface area contributed by atoms with Gasteiger partial charge >= 0.3 is 6.03 Å². The number of nitrogens with zero attached hydrogens (tertiary/aromatic N) is 2. The molecule has 0 bridgehead atoms. The largest absolute Gasteiger partial charge is 0.488 e. The summed E-state index contributed by atoms with van der Waals surface area (Å²) >= 11 is 1.12. The molecule has 1 aromatic carbocycles. The van der Waals surface area contributed by atoms with Crippen LogP contribution in [0.2, 0.25) is 0 Å². The number of urea groups is 1. The van der Waals surface area contributed by atoms with Gasteiger partial charge in [0.15, 0.2) is 0 Å². The van der Waals surface area contributed by atoms with Gasteiger partial charge < -0.3 is 25.0 Å². The molecular weight excluding hydrogens is 552 g/mol. The third kappa shape index (κ3) is 7.46. The average Bonchev–Trinajstić information content (AvgIpc) is 3.49. The number of hydrogen-bond acceptors (Lipinski definition) is 7. The van der Waals surface area contributed by atoms with E-state index >= 15 is 0 Å². The van der Waals surface area contributed by atoms with E-state index in [0.29, 0.717) is 30.1 Å². The average molecular weight is 593 g/mol. The molecule has 1 saturated carbocycles. The van der Waals surface area contributed by atoms with Crippen molar-refractivity contribution < 1.29 is 27.9 Å². The van der Waals surface area contributed by atoms with Crippen molar-refractivity contribution >= 4 is 39.0 Å². The number of amides is 3. The van der Waals surface area contributed by atoms with Crippen LogP contribution >= 0.6 is 11.3 Å². The van der Waals surface area contributed by atoms with Gasteiger partial charge in [-0.05, 0) is 49.4 Å². The van der Waals surface area contributed by atoms with Crippen molar-refractivity contribution in [2.75, 3.05) is 31.5 Å². The Morgan fingerprint density at radius 1 is 1.25 bits per heavy atom. The first kappa shape index (κ1) is 30.1. The van der Waals surface area contributed by atoms with E-state index in [2.05, 4.69) is 10.0 Å². The Morgan fingerprint density at radius 3 is 2.67 bits per heavy atom. The van der Waals surface area contributed by atoms with Gasteiger partial charge in [0, 0.05) is 36.8 Å². The van der Waals surface area contributed by atoms with Gasteiger partial charge in [0.2, 0.25) is 5.91 Å². The van der Waals surface area contributed by atoms with Crippen molar-refractivity contribution in [3.63, 3.8) is 0 Å². The topological polar surface area (TPSA) is 128 Å². The zero-order chi connectivity index (χ0) is 28.9. The number of fused-ring (bicyclic) bond motifs is 1. The fourth-order valence-electron chi connectivity index (χ4n) is 5.22. The monoisotopic (exact) mass is 592 g/mol. The summed E-state index contributed by atoms with van der Waals surface area (Å²) < 4.78 is 34.8. The van der Waals surface area contributed by atoms with E-state index in [1.807, 2.05) is 6.92 Å². The minimum Gasteiger partial charge on any atom is -0.488 e. The van der Waals surface area contributed by atoms with Gasteiger partial charge in [-0.2, -0.15) is 0 Å². The maximum atomic E-state index is 13.4. The summed E-state index contributed by atoms with van der Waals surface area (Å²) in [5.74, 6) is 0.107. The number of rotatable bonds is 8. The highest BCUT2D eigenvalue weighted by Gasteiger charge is 2.32. The Balaban J connectivity index is 1.58. The fraction of sp³-hybridized carbons (Fsp3) is 0.571. The SMILES string of the molecule is C[C@H]1CN([C@@H](C)CO)C(=O)Cc2cc(NS(=O)(=O)c3cccs3)ccc2O[C@@H]1CN(C)C(=O)NC1CCCCC1. The zero-order valence-corrected chi connectivity index (χ0v) is 25.0. The first-order chi connectivity index (χ1) is 19.1. The van der Waals surface area contributed by atoms with Crippen LogP contribution in [0.3, 0.4) is 0 Å². The van der Waals surface area contributed by atoms with E-state index < -0.39 is 22.2 Å². The molecule has 0 saturated heterocycles. The number of sulfonamides is 1. The molecule has 0 radical (unpaired) electrons. The lowest BCUT2D eigenvalue weighted by Crippen LogP contribution is -2.50. The van der Waals surface area contributed by atoms with Gasteiger partial charge in [-0.1, -0.05) is 32.3 Å². The summed E-state index contributed by atoms with van der Waals surface area (Å²) in [6.07, 6.45) is 4.93. The summed E-state index contributed by atoms with van der Waals surface area (Å²) in [6.45, 7) is 4.20. The first-order valence-electron chi connectivity index (χ1n) is 13.8. The summed E-state index contributed by atoms with van der Waals surface area (Å²) in [5.41, 5.74) is 0.845. The third-order valence-corrected chi connectivity index (χ3v) is 10.4. The number of likely N-dealkylation sites (N-methyl/N-ethyl adjacent to an activating group) is 1. The molecule has 0 unspecified atom stereocenters. The van der Waals surface area contributed by atoms with Crippen molar-refractivity contribution in [2.24, 2.45) is 5.92 Å². The Labute approximate surface area is 240 Å². The minimum absolute atomic E-state index is 0.0221. The zero-order valence-electron chi connectivity index (χ0n) is 23.3. The molecule has 2 heterocycles. The van der Waals surface area contributed by atoms with Crippen LogP contribution in [0.1, 0.15) is 51.5 Å². The molecule has 3 atom stereocenters. The lowest BCUT2D eigenvalue weighted by Gasteiger charge is -2.34. The Hall–Kier alpha value is -2.83. The molecule has 220 valence electrons. The van der Waals surface area contributed by atoms with Crippen LogP contribution in [0.4, 0.5) is 10.5 Å². The fourth-order valence-corrected chi connectivity index (χ4v) is 7.26. The molecule has 40 heavy (non-hydrogen) atoms. The number of hydrogen-bond donors (Lipinski definition) is 3. The second-order valence-corrected chi connectivity index (χ2v) is 13.8. The second-order valence-electron chi connectivity index (χ2n) is 10.9. The van der Waals surface area contributed by atoms with Crippen LogP contribution in [0.25, 0.3) is 0 Å². The highest BCUT2D eigenvalue weighted by molar-refractivity contribution is 7.94. The van der Waals surface area contributed by atoms with E-state index in [1.165, 1.54) is 12.5 Å². The molecule has 3 N–H and O–H groups in total. The number of aliphatic hydroxyl groups excluding tert-OH is 1. The van der Waals surface area contributed by atoms with Crippen LogP contribution in [-0.2, 0) is 21.2 Å². The quantitative estimate of drug-likeness (QED) is 0.429. The van der Waals surface area contributed by atoms with E-state index in [0.717, 1.165) is 37.0 Å². The van der Waals surface area contributed by atoms with Gasteiger partial charge in [0.25, 0.3) is 10.0 Å². The molecular formula is C28H40N4O6S2. The van der Waals surface area contributed by atoms with Gasteiger partial charge in [-0.15, -0.1) is 11.3 Å². The molecule has 2 aromatic rings. The second kappa shape index (κ2) is 13.2. The summed E-state index contributed by atoms with van der Waals surface area (Å²) in [7, 11) is -2.03. The lowest BCUT2D eigenvalue weighted by atomic mass is 9.96. The van der Waals surface area contributed by atoms with Crippen molar-refractivity contribution in [2.45, 2.75) is 74.8 Å². The standard InChI is InChI=1S/C28H40N4O6S2/c1-19-16-32(20(2)18-33)26(34)15-21-14-23(30-40(36,37)27-10-7-13-39-27)11-12-24(21)38-25(19)17-31(3)28(35)29-22-8-5-4-6-9-22/h7,10-14,19-20,22,25,30,33H,4-6,8-9,15-18H2,1-3H3,(H,29,35)/t19-,20-,25+/m0/s1. The number of thiophene rings is 1. The Morgan fingerprint density at radius 2 is 2.00 bits per heavy atom. The molecule has 0 spiro atoms. The molecule has 3 amide bonds. The van der Waals surface area contributed by atoms with Crippen LogP contribution in [0.5, 0.6) is 5.75 Å². The van der Waals surface area contributed by atoms with Crippen LogP contribution < -0.4 is 14.8 Å². The van der Waals surface area contributed by atoms with Gasteiger partial charge in [0.1, 0.15) is 16.1 Å². The van der Waals surface area contributed by atoms with Crippen molar-refractivity contribution in [3.05, 3.63) is 41.3 Å². The first-order valence-corrected chi connectivity index (χ1v) is 16.2. The van der Waals surface area contributed by atoms with E-state index in [-0.39, 0.29) is 41.1 Å². The maximum absolute atomic E-state index is 13.4. The van der Waals surface area contributed by atoms with Crippen molar-refractivity contribution in [1.82, 2.24) is 15.1 Å². The number of anilines is 1. The number of ether oxygens (including phenoxy) is 1. The Bertz CT molecular complexity index is 1260. The number of carbonyl (C=O) groups is 2. The molecule has 1 aliphatic heterocycles. The highest BCUT2D eigenvalue weighted by atomic mass is 32.2. The molecule has 12 heteroatoms. The van der Waals surface area contributed by atoms with Crippen LogP contribution in [0.15, 0.2) is 39.9 Å². The predicted octanol–water partition coefficient (Wildman–Crippen LogP) is 3.67. The maximum Gasteiger partial charge on any atom is 0.317 e. The van der Waals surface area contributed by atoms with Gasteiger partial charge in [-0.25, -0.2) is 13.2 Å². The van der Waals surface area contributed by atoms with Crippen LogP contribution in [0, 0.1) is 5.92 Å². The summed E-state index contributed by atoms with van der Waals surface area (Å²) in [6, 6.07) is 7.70. The molecule has 1 aliphatic carbocycles. The van der Waals surface area contributed by atoms with Crippen molar-refractivity contribution in [1.29, 1.82) is 0 Å². The predicted molar refractivity (Wildman–Crippen MR) is 155 cm³/mol. The molecule has 1 aromatic heterocycles. The highest BCUT2D eigenvalue weighted by Crippen LogP contribution is 2.30. The van der Waals surface area contributed by atoms with Gasteiger partial charge in [0.05, 0.1) is 25.6 Å². The third-order valence-electron chi connectivity index (χ3n) is 7.66. The number of nitrogens with one attached hydrogen (secondary N) is 2.